The van der Waals surface area contributed by atoms with Gasteiger partial charge < -0.3 is 4.55 Å². The van der Waals surface area contributed by atoms with Gasteiger partial charge in [-0.1, -0.05) is 5.11 Å². The molecule has 0 bridgehead atoms. The second kappa shape index (κ2) is 5.52. The lowest BCUT2D eigenvalue weighted by Gasteiger charge is -2.02. The minimum absolute atomic E-state index is 0.143. The number of nitrogens with zero attached hydrogens (tertiary/aromatic N) is 3. The summed E-state index contributed by atoms with van der Waals surface area (Å²) in [6.45, 7) is 0.296. The average molecular weight is 149 g/mol. The van der Waals surface area contributed by atoms with E-state index in [1.54, 1.807) is 0 Å². The zero-order valence-electron chi connectivity index (χ0n) is 4.48. The largest absolute Gasteiger partial charge is 0.760 e. The highest BCUT2D eigenvalue weighted by molar-refractivity contribution is 7.77. The van der Waals surface area contributed by atoms with Crippen LogP contribution in [0.4, 0.5) is 0 Å². The van der Waals surface area contributed by atoms with Crippen molar-refractivity contribution >= 4 is 11.3 Å². The fraction of sp³-hybridized carbons (Fsp3) is 1.00. The summed E-state index contributed by atoms with van der Waals surface area (Å²) < 4.78 is 21.5. The van der Waals surface area contributed by atoms with Gasteiger partial charge in [0.05, 0.1) is 0 Å². The Balaban J connectivity index is 3.10. The van der Waals surface area contributed by atoms with Crippen molar-refractivity contribution in [3.8, 4) is 0 Å². The molecule has 0 amide bonds. The number of nitrogens with one attached hydrogen (secondary N) is 1. The zero-order valence-corrected chi connectivity index (χ0v) is 5.30. The lowest BCUT2D eigenvalue weighted by Crippen LogP contribution is -2.19. The Bertz CT molecular complexity index is 140. The van der Waals surface area contributed by atoms with Crippen LogP contribution in [-0.2, 0) is 11.3 Å². The molecular formula is C2H5N4O2S-. The molecule has 0 aliphatic rings. The summed E-state index contributed by atoms with van der Waals surface area (Å²) in [5.41, 5.74) is 7.71. The van der Waals surface area contributed by atoms with Gasteiger partial charge in [-0.25, -0.2) is 4.72 Å². The van der Waals surface area contributed by atoms with Crippen LogP contribution in [0.25, 0.3) is 10.4 Å². The average Bonchev–Trinajstić information content (AvgIpc) is 1.80. The fourth-order valence-electron chi connectivity index (χ4n) is 0.224. The van der Waals surface area contributed by atoms with Crippen molar-refractivity contribution in [2.45, 2.75) is 0 Å². The summed E-state index contributed by atoms with van der Waals surface area (Å²) in [6, 6.07) is 0. The highest BCUT2D eigenvalue weighted by Crippen LogP contribution is 1.68. The van der Waals surface area contributed by atoms with Crippen molar-refractivity contribution in [2.75, 3.05) is 13.1 Å². The molecule has 0 radical (unpaired) electrons. The van der Waals surface area contributed by atoms with Crippen molar-refractivity contribution < 1.29 is 8.76 Å². The third-order valence-corrected chi connectivity index (χ3v) is 0.935. The molecule has 1 unspecified atom stereocenters. The first-order valence-electron chi connectivity index (χ1n) is 2.11. The third-order valence-electron chi connectivity index (χ3n) is 0.495. The highest BCUT2D eigenvalue weighted by Gasteiger charge is 1.79. The van der Waals surface area contributed by atoms with E-state index in [0.717, 1.165) is 0 Å². The molecule has 7 heteroatoms. The smallest absolute Gasteiger partial charge is 0.0393 e. The number of rotatable bonds is 4. The van der Waals surface area contributed by atoms with Gasteiger partial charge in [0.15, 0.2) is 0 Å². The van der Waals surface area contributed by atoms with Gasteiger partial charge in [-0.05, 0) is 5.53 Å². The second-order valence-electron chi connectivity index (χ2n) is 1.08. The summed E-state index contributed by atoms with van der Waals surface area (Å²) in [5, 5.41) is 3.09. The molecule has 1 N–H and O–H groups in total. The zero-order chi connectivity index (χ0) is 7.11. The highest BCUT2D eigenvalue weighted by atomic mass is 32.2. The Morgan fingerprint density at radius 3 is 3.00 bits per heavy atom. The predicted octanol–water partition coefficient (Wildman–Crippen LogP) is -0.320. The fourth-order valence-corrected chi connectivity index (χ4v) is 0.482. The summed E-state index contributed by atoms with van der Waals surface area (Å²) in [6.07, 6.45) is 0. The molecule has 0 aromatic rings. The lowest BCUT2D eigenvalue weighted by molar-refractivity contribution is 0.523. The summed E-state index contributed by atoms with van der Waals surface area (Å²) >= 11 is -2.25. The van der Waals surface area contributed by atoms with Crippen molar-refractivity contribution in [1.82, 2.24) is 4.72 Å². The van der Waals surface area contributed by atoms with Gasteiger partial charge in [0.25, 0.3) is 0 Å². The molecule has 0 fully saturated rings. The molecule has 0 heterocycles. The van der Waals surface area contributed by atoms with E-state index in [0.29, 0.717) is 0 Å². The Morgan fingerprint density at radius 1 is 1.89 bits per heavy atom. The Morgan fingerprint density at radius 2 is 2.56 bits per heavy atom. The normalized spacial score (nSPS) is 12.1. The first kappa shape index (κ1) is 8.38. The maximum absolute atomic E-state index is 9.72. The first-order chi connectivity index (χ1) is 4.27. The van der Waals surface area contributed by atoms with Crippen molar-refractivity contribution in [1.29, 1.82) is 0 Å². The van der Waals surface area contributed by atoms with Gasteiger partial charge in [-0.15, -0.1) is 0 Å². The van der Waals surface area contributed by atoms with Gasteiger partial charge in [0.2, 0.25) is 0 Å². The molecule has 6 nitrogen and oxygen atoms in total. The van der Waals surface area contributed by atoms with Gasteiger partial charge in [-0.2, -0.15) is 0 Å². The van der Waals surface area contributed by atoms with Crippen LogP contribution < -0.4 is 4.72 Å². The van der Waals surface area contributed by atoms with Gasteiger partial charge in [0, 0.05) is 29.3 Å². The minimum Gasteiger partial charge on any atom is -0.760 e. The number of azide groups is 1. The van der Waals surface area contributed by atoms with Gasteiger partial charge in [0.1, 0.15) is 0 Å². The minimum atomic E-state index is -2.25. The van der Waals surface area contributed by atoms with Gasteiger partial charge in [-0.3, -0.25) is 4.21 Å². The number of hydrogen-bond donors (Lipinski definition) is 1. The van der Waals surface area contributed by atoms with E-state index < -0.39 is 11.3 Å². The topological polar surface area (TPSA) is 101 Å². The van der Waals surface area contributed by atoms with E-state index in [4.69, 9.17) is 5.53 Å². The Kier molecular flexibility index (Phi) is 5.14. The molecule has 0 aromatic heterocycles. The monoisotopic (exact) mass is 149 g/mol. The molecule has 0 aliphatic carbocycles. The van der Waals surface area contributed by atoms with Crippen LogP contribution in [0, 0.1) is 0 Å². The van der Waals surface area contributed by atoms with Crippen LogP contribution in [0.1, 0.15) is 0 Å². The molecule has 0 aromatic carbocycles. The molecule has 0 saturated heterocycles. The standard InChI is InChI=1S/C2H6N4O2S/c3-6-4-1-2-5-9(7)8/h5H,1-2H2,(H,7,8)/p-1. The Hall–Kier alpha value is -0.620. The third kappa shape index (κ3) is 7.38. The molecule has 9 heavy (non-hydrogen) atoms. The number of hydrogen-bond acceptors (Lipinski definition) is 3. The van der Waals surface area contributed by atoms with Crippen LogP contribution >= 0.6 is 0 Å². The molecule has 52 valence electrons. The van der Waals surface area contributed by atoms with E-state index in [1.807, 2.05) is 4.72 Å². The van der Waals surface area contributed by atoms with E-state index >= 15 is 0 Å². The lowest BCUT2D eigenvalue weighted by atomic mass is 10.7. The van der Waals surface area contributed by atoms with E-state index in [2.05, 4.69) is 10.0 Å². The molecular weight excluding hydrogens is 144 g/mol. The quantitative estimate of drug-likeness (QED) is 0.195. The molecule has 0 spiro atoms. The molecule has 0 aliphatic heterocycles. The van der Waals surface area contributed by atoms with Crippen LogP contribution in [0.5, 0.6) is 0 Å². The van der Waals surface area contributed by atoms with Crippen molar-refractivity contribution in [2.24, 2.45) is 5.11 Å². The van der Waals surface area contributed by atoms with Crippen LogP contribution in [0.15, 0.2) is 5.11 Å². The maximum Gasteiger partial charge on any atom is 0.0393 e. The molecule has 1 atom stereocenters. The summed E-state index contributed by atoms with van der Waals surface area (Å²) in [4.78, 5) is 2.42. The predicted molar refractivity (Wildman–Crippen MR) is 30.9 cm³/mol. The maximum atomic E-state index is 9.72. The summed E-state index contributed by atoms with van der Waals surface area (Å²) in [7, 11) is 0. The van der Waals surface area contributed by atoms with Gasteiger partial charge >= 0.3 is 0 Å². The van der Waals surface area contributed by atoms with E-state index in [1.165, 1.54) is 0 Å². The Labute approximate surface area is 54.3 Å². The SMILES string of the molecule is [N-]=[N+]=NCCNS(=O)[O-]. The van der Waals surface area contributed by atoms with E-state index in [9.17, 15) is 8.76 Å². The molecule has 0 rings (SSSR count). The van der Waals surface area contributed by atoms with E-state index in [-0.39, 0.29) is 13.1 Å². The summed E-state index contributed by atoms with van der Waals surface area (Å²) in [5.74, 6) is 0. The second-order valence-corrected chi connectivity index (χ2v) is 1.84. The first-order valence-corrected chi connectivity index (χ1v) is 3.18. The van der Waals surface area contributed by atoms with Crippen LogP contribution in [0.3, 0.4) is 0 Å². The van der Waals surface area contributed by atoms with Crippen LogP contribution in [0.2, 0.25) is 0 Å². The van der Waals surface area contributed by atoms with Crippen molar-refractivity contribution in [3.05, 3.63) is 10.4 Å². The van der Waals surface area contributed by atoms with Crippen LogP contribution in [-0.4, -0.2) is 21.9 Å². The van der Waals surface area contributed by atoms with Crippen molar-refractivity contribution in [3.63, 3.8) is 0 Å². The molecule has 0 saturated carbocycles.